The van der Waals surface area contributed by atoms with Gasteiger partial charge in [0.1, 0.15) is 0 Å². The summed E-state index contributed by atoms with van der Waals surface area (Å²) < 4.78 is 0. The molecular weight excluding hydrogens is 1340 g/mol. The largest absolute Gasteiger partial charge is 4.00 e. The van der Waals surface area contributed by atoms with Gasteiger partial charge in [0.25, 0.3) is 0 Å². The zero-order valence-electron chi connectivity index (χ0n) is 30.2. The van der Waals surface area contributed by atoms with Gasteiger partial charge in [-0.25, -0.2) is 0 Å². The minimum atomic E-state index is -2.33. The zero-order chi connectivity index (χ0) is 35.8. The van der Waals surface area contributed by atoms with Crippen LogP contribution in [0, 0.1) is 79.9 Å². The molecule has 0 aromatic rings. The van der Waals surface area contributed by atoms with Crippen LogP contribution < -0.4 is 457 Å². The van der Waals surface area contributed by atoms with Crippen LogP contribution in [-0.2, 0) is 0 Å². The van der Waals surface area contributed by atoms with Crippen molar-refractivity contribution in [3.63, 3.8) is 0 Å². The number of hydrogen-bond acceptors (Lipinski definition) is 30. The number of hydrogen-bond donors (Lipinski definition) is 0. The van der Waals surface area contributed by atoms with Crippen LogP contribution >= 0.6 is 0 Å². The maximum atomic E-state index is 8.33. The summed E-state index contributed by atoms with van der Waals surface area (Å²) in [5.74, 6) is 0. The number of carboxylic acid groups (broad SMARTS) is 20. The smallest absolute Gasteiger partial charge is 0.652 e. The van der Waals surface area contributed by atoms with Crippen LogP contribution in [0.25, 0.3) is 0 Å². The van der Waals surface area contributed by atoms with Gasteiger partial charge in [-0.3, -0.25) is 0 Å². The molecule has 0 N–H and O–H groups in total. The van der Waals surface area contributed by atoms with Crippen molar-refractivity contribution in [2.75, 3.05) is 0 Å². The van der Waals surface area contributed by atoms with E-state index in [4.69, 9.17) is 150 Å². The fourth-order valence-electron chi connectivity index (χ4n) is 0. The minimum absolute atomic E-state index is 0. The number of carbonyl (C=O) groups excluding carboxylic acids is 10. The third kappa shape index (κ3) is 3740. The molecule has 44 heteroatoms. The van der Waals surface area contributed by atoms with Crippen molar-refractivity contribution >= 4 is 61.6 Å². The average molecular weight is 1340 g/mol. The van der Waals surface area contributed by atoms with Crippen molar-refractivity contribution in [1.29, 1.82) is 0 Å². The van der Waals surface area contributed by atoms with E-state index in [1.807, 2.05) is 0 Å². The van der Waals surface area contributed by atoms with Gasteiger partial charge in [-0.1, -0.05) is 0 Å². The standard InChI is InChI=1S/10CH2O3.12Na.2Th/c10*2-1(3)4;;;;;;;;;;;;;;/h10*(H2,2,3,4);;;;;;;;;;;;;;/q;;;;;;;;;;12*+1;2*+4/p-20. The summed E-state index contributed by atoms with van der Waals surface area (Å²) in [5.41, 5.74) is 0. The predicted molar refractivity (Wildman–Crippen MR) is 54.0 cm³/mol. The molecule has 0 rings (SSSR count). The zero-order valence-corrected chi connectivity index (χ0v) is 62.5. The van der Waals surface area contributed by atoms with Crippen LogP contribution in [0.15, 0.2) is 0 Å². The molecule has 0 fully saturated rings. The van der Waals surface area contributed by atoms with Crippen LogP contribution in [0.5, 0.6) is 0 Å². The molecule has 0 aliphatic rings. The van der Waals surface area contributed by atoms with Gasteiger partial charge in [0.05, 0.1) is 0 Å². The first-order valence-electron chi connectivity index (χ1n) is 6.12. The van der Waals surface area contributed by atoms with Gasteiger partial charge >= 0.3 is 435 Å². The van der Waals surface area contributed by atoms with Crippen molar-refractivity contribution in [2.45, 2.75) is 0 Å². The normalized spacial score (nSPS) is 4.44. The van der Waals surface area contributed by atoms with Crippen LogP contribution in [0.2, 0.25) is 0 Å². The van der Waals surface area contributed by atoms with E-state index in [2.05, 4.69) is 0 Å². The van der Waals surface area contributed by atoms with Crippen LogP contribution in [0.4, 0.5) is 47.9 Å². The fraction of sp³-hybridized carbons (Fsp3) is 0. The molecule has 0 bridgehead atoms. The van der Waals surface area contributed by atoms with Crippen LogP contribution in [0.3, 0.4) is 0 Å². The van der Waals surface area contributed by atoms with Crippen molar-refractivity contribution in [3.05, 3.63) is 0 Å². The summed E-state index contributed by atoms with van der Waals surface area (Å²) in [4.78, 5) is 83.3. The molecule has 0 aromatic heterocycles. The fourth-order valence-corrected chi connectivity index (χ4v) is 0. The maximum absolute atomic E-state index is 8.33. The molecule has 0 atom stereocenters. The monoisotopic (exact) mass is 1340 g/mol. The molecule has 0 aromatic carbocycles. The number of rotatable bonds is 0. The van der Waals surface area contributed by atoms with Crippen molar-refractivity contribution in [2.24, 2.45) is 0 Å². The molecule has 0 saturated heterocycles. The Hall–Kier alpha value is 7.35. The Morgan fingerprint density at radius 3 is 0.148 bits per heavy atom. The summed E-state index contributed by atoms with van der Waals surface area (Å²) in [6.45, 7) is 0. The first-order chi connectivity index (χ1) is 17.3. The van der Waals surface area contributed by atoms with E-state index < -0.39 is 61.6 Å². The van der Waals surface area contributed by atoms with Crippen LogP contribution in [-0.4, -0.2) is 61.6 Å². The van der Waals surface area contributed by atoms with Crippen LogP contribution in [0.1, 0.15) is 0 Å². The molecule has 0 spiro atoms. The minimum Gasteiger partial charge on any atom is -0.652 e. The number of carbonyl (C=O) groups is 10. The molecule has 0 aliphatic carbocycles. The Morgan fingerprint density at radius 2 is 0.148 bits per heavy atom. The van der Waals surface area contributed by atoms with Gasteiger partial charge in [0.15, 0.2) is 0 Å². The Morgan fingerprint density at radius 1 is 0.148 bits per heavy atom. The summed E-state index contributed by atoms with van der Waals surface area (Å²) in [6, 6.07) is 0. The summed E-state index contributed by atoms with van der Waals surface area (Å²) in [5, 5.41) is 167. The molecule has 54 heavy (non-hydrogen) atoms. The van der Waals surface area contributed by atoms with Gasteiger partial charge in [-0.15, -0.1) is 0 Å². The van der Waals surface area contributed by atoms with E-state index in [-0.39, 0.29) is 435 Å². The Kier molecular flexibility index (Phi) is 452. The van der Waals surface area contributed by atoms with Crippen molar-refractivity contribution in [1.82, 2.24) is 0 Å². The van der Waals surface area contributed by atoms with E-state index in [1.165, 1.54) is 0 Å². The first-order valence-corrected chi connectivity index (χ1v) is 6.12. The Bertz CT molecular complexity index is 515. The molecule has 0 saturated carbocycles. The van der Waals surface area contributed by atoms with E-state index >= 15 is 0 Å². The second-order valence-corrected chi connectivity index (χ2v) is 2.50. The topological polar surface area (TPSA) is 632 Å². The molecule has 30 nitrogen and oxygen atoms in total. The molecule has 240 valence electrons. The first kappa shape index (κ1) is 160. The summed E-state index contributed by atoms with van der Waals surface area (Å²) in [6.07, 6.45) is -23.3. The molecule has 0 heterocycles. The Labute approximate surface area is 630 Å². The molecule has 0 amide bonds. The molecule has 0 aliphatic heterocycles. The van der Waals surface area contributed by atoms with E-state index in [0.29, 0.717) is 0 Å². The van der Waals surface area contributed by atoms with Gasteiger partial charge in [-0.2, -0.15) is 0 Å². The molecule has 0 unspecified atom stereocenters. The molecular formula is C10Na12O30Th2. The van der Waals surface area contributed by atoms with Gasteiger partial charge in [-0.05, 0) is 61.6 Å². The van der Waals surface area contributed by atoms with Crippen molar-refractivity contribution in [3.8, 4) is 0 Å². The van der Waals surface area contributed by atoms with Gasteiger partial charge in [0, 0.05) is 0 Å². The third-order valence-electron chi connectivity index (χ3n) is 0. The second kappa shape index (κ2) is 152. The summed E-state index contributed by atoms with van der Waals surface area (Å²) >= 11 is 0. The second-order valence-electron chi connectivity index (χ2n) is 2.50. The quantitative estimate of drug-likeness (QED) is 0.203. The maximum Gasteiger partial charge on any atom is 4.00 e. The summed E-state index contributed by atoms with van der Waals surface area (Å²) in [7, 11) is 0. The third-order valence-corrected chi connectivity index (χ3v) is 0. The average Bonchev–Trinajstić information content (AvgIpc) is 2.47. The van der Waals surface area contributed by atoms with Gasteiger partial charge in [0.2, 0.25) is 0 Å². The van der Waals surface area contributed by atoms with Gasteiger partial charge < -0.3 is 150 Å². The SMILES string of the molecule is O=C([O-])[O-].O=C([O-])[O-].O=C([O-])[O-].O=C([O-])[O-].O=C([O-])[O-].O=C([O-])[O-].O=C([O-])[O-].O=C([O-])[O-].O=C([O-])[O-].O=C([O-])[O-].[Na+].[Na+].[Na+].[Na+].[Na+].[Na+].[Na+].[Na+].[Na+].[Na+].[Na+].[Na+].[Th+4].[Th+4]. The van der Waals surface area contributed by atoms with E-state index in [1.54, 1.807) is 0 Å². The predicted octanol–water partition coefficient (Wildman–Crippen LogP) is -60.4. The Balaban J connectivity index is -0.00000000818. The van der Waals surface area contributed by atoms with E-state index in [9.17, 15) is 0 Å². The van der Waals surface area contributed by atoms with Crippen molar-refractivity contribution < 1.29 is 585 Å². The van der Waals surface area contributed by atoms with E-state index in [0.717, 1.165) is 0 Å². The molecule has 0 radical (unpaired) electrons.